The van der Waals surface area contributed by atoms with Crippen molar-refractivity contribution in [1.82, 2.24) is 0 Å². The quantitative estimate of drug-likeness (QED) is 0.687. The van der Waals surface area contributed by atoms with Crippen LogP contribution < -0.4 is 5.30 Å². The fraction of sp³-hybridized carbons (Fsp3) is 0.375. The third kappa shape index (κ3) is 3.07. The summed E-state index contributed by atoms with van der Waals surface area (Å²) in [6.07, 6.45) is 5.95. The molecule has 0 fully saturated rings. The second-order valence-corrected chi connectivity index (χ2v) is 5.76. The Bertz CT molecular complexity index is 492. The SMILES string of the molecule is CC1=C(C)CCC(Cc2ccc(P)c(C)c2)=C1. The van der Waals surface area contributed by atoms with E-state index in [1.807, 2.05) is 0 Å². The van der Waals surface area contributed by atoms with Gasteiger partial charge >= 0.3 is 0 Å². The number of allylic oxidation sites excluding steroid dienone is 4. The van der Waals surface area contributed by atoms with Crippen molar-refractivity contribution < 1.29 is 0 Å². The van der Waals surface area contributed by atoms with Gasteiger partial charge in [0.15, 0.2) is 0 Å². The smallest absolute Gasteiger partial charge is 0.00637 e. The summed E-state index contributed by atoms with van der Waals surface area (Å²) in [6, 6.07) is 6.76. The normalized spacial score (nSPS) is 16.1. The Morgan fingerprint density at radius 1 is 1.12 bits per heavy atom. The Morgan fingerprint density at radius 2 is 1.88 bits per heavy atom. The van der Waals surface area contributed by atoms with E-state index in [4.69, 9.17) is 0 Å². The number of rotatable bonds is 2. The number of aryl methyl sites for hydroxylation is 1. The summed E-state index contributed by atoms with van der Waals surface area (Å²) in [4.78, 5) is 0. The largest absolute Gasteiger partial charge is 0.105 e. The van der Waals surface area contributed by atoms with E-state index in [0.29, 0.717) is 0 Å². The number of hydrogen-bond donors (Lipinski definition) is 0. The Morgan fingerprint density at radius 3 is 2.53 bits per heavy atom. The van der Waals surface area contributed by atoms with Crippen molar-refractivity contribution in [1.29, 1.82) is 0 Å². The summed E-state index contributed by atoms with van der Waals surface area (Å²) < 4.78 is 0. The first-order valence-electron chi connectivity index (χ1n) is 6.27. The summed E-state index contributed by atoms with van der Waals surface area (Å²) in [5.74, 6) is 0. The van der Waals surface area contributed by atoms with E-state index in [-0.39, 0.29) is 0 Å². The van der Waals surface area contributed by atoms with Gasteiger partial charge in [0.05, 0.1) is 0 Å². The fourth-order valence-electron chi connectivity index (χ4n) is 2.30. The average molecular weight is 244 g/mol. The summed E-state index contributed by atoms with van der Waals surface area (Å²) in [7, 11) is 2.79. The van der Waals surface area contributed by atoms with Gasteiger partial charge in [-0.1, -0.05) is 41.0 Å². The second-order valence-electron chi connectivity index (χ2n) is 5.13. The Balaban J connectivity index is 2.17. The summed E-state index contributed by atoms with van der Waals surface area (Å²) in [5, 5.41) is 1.30. The van der Waals surface area contributed by atoms with Crippen LogP contribution in [0.2, 0.25) is 0 Å². The van der Waals surface area contributed by atoms with E-state index < -0.39 is 0 Å². The molecule has 0 spiro atoms. The molecule has 1 atom stereocenters. The molecule has 0 radical (unpaired) electrons. The zero-order valence-corrected chi connectivity index (χ0v) is 12.2. The van der Waals surface area contributed by atoms with E-state index in [9.17, 15) is 0 Å². The molecule has 0 bridgehead atoms. The molecule has 1 aromatic carbocycles. The Hall–Kier alpha value is -0.870. The van der Waals surface area contributed by atoms with Crippen LogP contribution in [0.25, 0.3) is 0 Å². The molecule has 17 heavy (non-hydrogen) atoms. The van der Waals surface area contributed by atoms with Gasteiger partial charge in [0.25, 0.3) is 0 Å². The van der Waals surface area contributed by atoms with E-state index in [2.05, 4.69) is 54.3 Å². The van der Waals surface area contributed by atoms with Crippen molar-refractivity contribution in [2.24, 2.45) is 0 Å². The summed E-state index contributed by atoms with van der Waals surface area (Å²) >= 11 is 0. The van der Waals surface area contributed by atoms with Gasteiger partial charge in [0, 0.05) is 0 Å². The lowest BCUT2D eigenvalue weighted by molar-refractivity contribution is 0.853. The van der Waals surface area contributed by atoms with Gasteiger partial charge < -0.3 is 0 Å². The highest BCUT2D eigenvalue weighted by Gasteiger charge is 2.08. The zero-order chi connectivity index (χ0) is 12.4. The zero-order valence-electron chi connectivity index (χ0n) is 11.0. The van der Waals surface area contributed by atoms with Crippen molar-refractivity contribution in [3.63, 3.8) is 0 Å². The van der Waals surface area contributed by atoms with E-state index in [0.717, 1.165) is 6.42 Å². The first kappa shape index (κ1) is 12.6. The lowest BCUT2D eigenvalue weighted by Crippen LogP contribution is -2.02. The monoisotopic (exact) mass is 244 g/mol. The molecule has 0 heterocycles. The standard InChI is InChI=1S/C16H21P/c1-11-4-5-14(8-12(11)2)10-15-6-7-16(17)13(3)9-15/h6-9H,4-5,10,17H2,1-3H3. The molecule has 1 aliphatic carbocycles. The fourth-order valence-corrected chi connectivity index (χ4v) is 2.48. The predicted octanol–water partition coefficient (Wildman–Crippen LogP) is 4.09. The maximum Gasteiger partial charge on any atom is -0.00637 e. The molecule has 1 unspecified atom stereocenters. The molecule has 2 rings (SSSR count). The van der Waals surface area contributed by atoms with E-state index in [1.165, 1.54) is 34.8 Å². The van der Waals surface area contributed by atoms with Crippen molar-refractivity contribution in [2.45, 2.75) is 40.0 Å². The average Bonchev–Trinajstić information content (AvgIpc) is 2.29. The molecule has 0 aliphatic heterocycles. The van der Waals surface area contributed by atoms with Crippen molar-refractivity contribution in [2.75, 3.05) is 0 Å². The first-order chi connectivity index (χ1) is 8.06. The molecule has 0 aromatic heterocycles. The van der Waals surface area contributed by atoms with Gasteiger partial charge in [0.2, 0.25) is 0 Å². The van der Waals surface area contributed by atoms with Crippen LogP contribution in [0.15, 0.2) is 41.0 Å². The predicted molar refractivity (Wildman–Crippen MR) is 79.9 cm³/mol. The molecule has 1 aromatic rings. The third-order valence-electron chi connectivity index (χ3n) is 3.68. The molecule has 0 saturated carbocycles. The van der Waals surface area contributed by atoms with Crippen LogP contribution in [0, 0.1) is 6.92 Å². The maximum absolute atomic E-state index is 2.79. The van der Waals surface area contributed by atoms with Crippen LogP contribution in [-0.2, 0) is 6.42 Å². The highest BCUT2D eigenvalue weighted by molar-refractivity contribution is 7.27. The van der Waals surface area contributed by atoms with E-state index in [1.54, 1.807) is 11.1 Å². The Labute approximate surface area is 107 Å². The van der Waals surface area contributed by atoms with Crippen LogP contribution >= 0.6 is 9.24 Å². The molecule has 0 nitrogen and oxygen atoms in total. The third-order valence-corrected chi connectivity index (χ3v) is 4.33. The molecular formula is C16H21P. The topological polar surface area (TPSA) is 0 Å². The lowest BCUT2D eigenvalue weighted by Gasteiger charge is -2.16. The van der Waals surface area contributed by atoms with Crippen LogP contribution in [0.3, 0.4) is 0 Å². The molecule has 1 aliphatic rings. The van der Waals surface area contributed by atoms with E-state index >= 15 is 0 Å². The molecular weight excluding hydrogens is 223 g/mol. The molecule has 0 amide bonds. The minimum Gasteiger partial charge on any atom is -0.105 e. The van der Waals surface area contributed by atoms with Crippen molar-refractivity contribution >= 4 is 14.5 Å². The van der Waals surface area contributed by atoms with Crippen LogP contribution in [-0.4, -0.2) is 0 Å². The minimum absolute atomic E-state index is 1.11. The Kier molecular flexibility index (Phi) is 3.84. The van der Waals surface area contributed by atoms with Gasteiger partial charge in [-0.15, -0.1) is 9.24 Å². The first-order valence-corrected chi connectivity index (χ1v) is 6.85. The molecule has 90 valence electrons. The van der Waals surface area contributed by atoms with Gasteiger partial charge in [0.1, 0.15) is 0 Å². The van der Waals surface area contributed by atoms with Gasteiger partial charge in [-0.25, -0.2) is 0 Å². The van der Waals surface area contributed by atoms with Gasteiger partial charge in [-0.05, 0) is 56.5 Å². The van der Waals surface area contributed by atoms with Crippen LogP contribution in [0.5, 0.6) is 0 Å². The van der Waals surface area contributed by atoms with Crippen LogP contribution in [0.1, 0.15) is 37.8 Å². The second kappa shape index (κ2) is 5.19. The van der Waals surface area contributed by atoms with Crippen molar-refractivity contribution in [3.05, 3.63) is 52.1 Å². The van der Waals surface area contributed by atoms with Crippen LogP contribution in [0.4, 0.5) is 0 Å². The maximum atomic E-state index is 2.79. The van der Waals surface area contributed by atoms with Gasteiger partial charge in [-0.2, -0.15) is 0 Å². The van der Waals surface area contributed by atoms with Crippen molar-refractivity contribution in [3.8, 4) is 0 Å². The lowest BCUT2D eigenvalue weighted by atomic mass is 9.90. The number of hydrogen-bond acceptors (Lipinski definition) is 0. The minimum atomic E-state index is 1.11. The summed E-state index contributed by atoms with van der Waals surface area (Å²) in [6.45, 7) is 6.65. The molecule has 0 N–H and O–H groups in total. The highest BCUT2D eigenvalue weighted by Crippen LogP contribution is 2.25. The summed E-state index contributed by atoms with van der Waals surface area (Å²) in [5.41, 5.74) is 7.39. The molecule has 0 saturated heterocycles. The number of benzene rings is 1. The highest BCUT2D eigenvalue weighted by atomic mass is 31.0. The van der Waals surface area contributed by atoms with Gasteiger partial charge in [-0.3, -0.25) is 0 Å². The molecule has 1 heteroatoms.